The summed E-state index contributed by atoms with van der Waals surface area (Å²) in [4.78, 5) is 0. The van der Waals surface area contributed by atoms with E-state index >= 15 is 0 Å². The van der Waals surface area contributed by atoms with Crippen molar-refractivity contribution in [1.29, 1.82) is 0 Å². The minimum absolute atomic E-state index is 0. The van der Waals surface area contributed by atoms with Crippen LogP contribution in [-0.2, 0) is 4.52 Å². The number of rotatable bonds is 5. The van der Waals surface area contributed by atoms with Crippen molar-refractivity contribution in [3.63, 3.8) is 0 Å². The highest BCUT2D eigenvalue weighted by atomic mass is 79.9. The van der Waals surface area contributed by atoms with Crippen molar-refractivity contribution in [2.24, 2.45) is 0 Å². The van der Waals surface area contributed by atoms with Crippen LogP contribution in [0.4, 0.5) is 0 Å². The Labute approximate surface area is 149 Å². The summed E-state index contributed by atoms with van der Waals surface area (Å²) in [6, 6.07) is 31.8. The minimum Gasteiger partial charge on any atom is -0.222 e. The average molecular weight is 388 g/mol. The zero-order chi connectivity index (χ0) is 15.3. The van der Waals surface area contributed by atoms with Gasteiger partial charge in [-0.05, 0) is 43.3 Å². The van der Waals surface area contributed by atoms with Gasteiger partial charge in [0.25, 0.3) is 0 Å². The molecule has 0 saturated heterocycles. The van der Waals surface area contributed by atoms with Crippen molar-refractivity contribution in [2.45, 2.75) is 6.92 Å². The standard InChI is InChI=1S/C20H20OP.BrH/c1-2-21-22(18-12-6-3-7-13-18,19-14-8-4-9-15-19)20-16-10-5-11-17-20;/h3-17H,2H2,1H3;1H/q+1;. The van der Waals surface area contributed by atoms with Crippen molar-refractivity contribution in [3.8, 4) is 0 Å². The summed E-state index contributed by atoms with van der Waals surface area (Å²) in [5.74, 6) is 0. The molecule has 3 aromatic carbocycles. The van der Waals surface area contributed by atoms with E-state index in [1.54, 1.807) is 0 Å². The van der Waals surface area contributed by atoms with Crippen LogP contribution in [0.25, 0.3) is 0 Å². The Morgan fingerprint density at radius 3 is 1.17 bits per heavy atom. The first-order chi connectivity index (χ1) is 10.9. The fraction of sp³-hybridized carbons (Fsp3) is 0.100. The van der Waals surface area contributed by atoms with Gasteiger partial charge in [0.05, 0.1) is 6.61 Å². The topological polar surface area (TPSA) is 9.23 Å². The number of hydrogen-bond acceptors (Lipinski definition) is 1. The molecule has 118 valence electrons. The summed E-state index contributed by atoms with van der Waals surface area (Å²) in [6.45, 7) is 2.76. The molecule has 0 aliphatic rings. The summed E-state index contributed by atoms with van der Waals surface area (Å²) >= 11 is 0. The molecule has 0 saturated carbocycles. The van der Waals surface area contributed by atoms with Crippen molar-refractivity contribution in [2.75, 3.05) is 6.61 Å². The van der Waals surface area contributed by atoms with Crippen LogP contribution in [0, 0.1) is 0 Å². The highest BCUT2D eigenvalue weighted by Crippen LogP contribution is 2.56. The Kier molecular flexibility index (Phi) is 6.53. The van der Waals surface area contributed by atoms with Gasteiger partial charge in [-0.1, -0.05) is 54.6 Å². The third-order valence-electron chi connectivity index (χ3n) is 3.68. The molecular weight excluding hydrogens is 367 g/mol. The fourth-order valence-corrected chi connectivity index (χ4v) is 6.28. The van der Waals surface area contributed by atoms with Gasteiger partial charge in [-0.3, -0.25) is 0 Å². The van der Waals surface area contributed by atoms with E-state index in [-0.39, 0.29) is 17.0 Å². The van der Waals surface area contributed by atoms with Crippen molar-refractivity contribution in [1.82, 2.24) is 0 Å². The van der Waals surface area contributed by atoms with Crippen LogP contribution in [0.1, 0.15) is 6.92 Å². The molecular formula is C20H21BrOP+. The third-order valence-corrected chi connectivity index (χ3v) is 7.40. The van der Waals surface area contributed by atoms with Gasteiger partial charge in [-0.2, -0.15) is 0 Å². The molecule has 0 fully saturated rings. The molecule has 3 rings (SSSR count). The second kappa shape index (κ2) is 8.40. The molecule has 0 amide bonds. The Bertz CT molecular complexity index is 605. The first-order valence-corrected chi connectivity index (χ1v) is 9.29. The van der Waals surface area contributed by atoms with Crippen LogP contribution in [0.2, 0.25) is 0 Å². The fourth-order valence-electron chi connectivity index (χ4n) is 2.78. The highest BCUT2D eigenvalue weighted by molar-refractivity contribution is 8.93. The van der Waals surface area contributed by atoms with Crippen LogP contribution in [-0.4, -0.2) is 6.61 Å². The summed E-state index contributed by atoms with van der Waals surface area (Å²) in [5.41, 5.74) is 0. The predicted molar refractivity (Wildman–Crippen MR) is 107 cm³/mol. The van der Waals surface area contributed by atoms with E-state index in [4.69, 9.17) is 4.52 Å². The molecule has 3 aromatic rings. The predicted octanol–water partition coefficient (Wildman–Crippen LogP) is 4.51. The first kappa shape index (κ1) is 17.9. The third kappa shape index (κ3) is 3.55. The molecule has 0 radical (unpaired) electrons. The lowest BCUT2D eigenvalue weighted by Crippen LogP contribution is -2.32. The normalized spacial score (nSPS) is 10.8. The van der Waals surface area contributed by atoms with Crippen molar-refractivity contribution < 1.29 is 4.52 Å². The lowest BCUT2D eigenvalue weighted by Gasteiger charge is -2.25. The van der Waals surface area contributed by atoms with Crippen LogP contribution in [0.15, 0.2) is 91.0 Å². The van der Waals surface area contributed by atoms with Crippen LogP contribution < -0.4 is 15.9 Å². The summed E-state index contributed by atoms with van der Waals surface area (Å²) < 4.78 is 6.50. The first-order valence-electron chi connectivity index (χ1n) is 7.58. The molecule has 0 unspecified atom stereocenters. The molecule has 23 heavy (non-hydrogen) atoms. The van der Waals surface area contributed by atoms with Gasteiger partial charge in [-0.25, -0.2) is 4.52 Å². The van der Waals surface area contributed by atoms with Gasteiger partial charge in [0, 0.05) is 0 Å². The molecule has 0 heterocycles. The monoisotopic (exact) mass is 387 g/mol. The smallest absolute Gasteiger partial charge is 0.222 e. The van der Waals surface area contributed by atoms with E-state index in [1.807, 2.05) is 0 Å². The maximum Gasteiger partial charge on any atom is 0.242 e. The van der Waals surface area contributed by atoms with Gasteiger partial charge >= 0.3 is 0 Å². The van der Waals surface area contributed by atoms with E-state index in [2.05, 4.69) is 97.9 Å². The lowest BCUT2D eigenvalue weighted by atomic mass is 10.4. The van der Waals surface area contributed by atoms with Gasteiger partial charge in [0.2, 0.25) is 7.49 Å². The van der Waals surface area contributed by atoms with Crippen molar-refractivity contribution >= 4 is 40.4 Å². The van der Waals surface area contributed by atoms with Crippen LogP contribution >= 0.6 is 24.5 Å². The molecule has 0 N–H and O–H groups in total. The summed E-state index contributed by atoms with van der Waals surface area (Å²) in [6.07, 6.45) is 0. The Hall–Kier alpha value is -1.47. The van der Waals surface area contributed by atoms with Gasteiger partial charge < -0.3 is 0 Å². The van der Waals surface area contributed by atoms with E-state index in [0.717, 1.165) is 0 Å². The number of benzene rings is 3. The second-order valence-corrected chi connectivity index (χ2v) is 8.06. The van der Waals surface area contributed by atoms with E-state index < -0.39 is 7.49 Å². The lowest BCUT2D eigenvalue weighted by molar-refractivity contribution is 0.381. The van der Waals surface area contributed by atoms with Crippen LogP contribution in [0.5, 0.6) is 0 Å². The van der Waals surface area contributed by atoms with E-state index in [9.17, 15) is 0 Å². The quantitative estimate of drug-likeness (QED) is 0.585. The molecule has 0 atom stereocenters. The maximum atomic E-state index is 6.50. The molecule has 0 spiro atoms. The number of halogens is 1. The molecule has 0 bridgehead atoms. The van der Waals surface area contributed by atoms with Gasteiger partial charge in [0.15, 0.2) is 0 Å². The Morgan fingerprint density at radius 1 is 0.609 bits per heavy atom. The minimum atomic E-state index is -2.05. The van der Waals surface area contributed by atoms with Crippen molar-refractivity contribution in [3.05, 3.63) is 91.0 Å². The zero-order valence-electron chi connectivity index (χ0n) is 13.1. The van der Waals surface area contributed by atoms with E-state index in [1.165, 1.54) is 15.9 Å². The van der Waals surface area contributed by atoms with Gasteiger partial charge in [-0.15, -0.1) is 17.0 Å². The Balaban J connectivity index is 0.00000192. The summed E-state index contributed by atoms with van der Waals surface area (Å²) in [7, 11) is -2.05. The maximum absolute atomic E-state index is 6.50. The Morgan fingerprint density at radius 2 is 0.913 bits per heavy atom. The molecule has 0 aliphatic carbocycles. The van der Waals surface area contributed by atoms with Crippen LogP contribution in [0.3, 0.4) is 0 Å². The second-order valence-electron chi connectivity index (χ2n) is 5.03. The largest absolute Gasteiger partial charge is 0.242 e. The molecule has 0 aliphatic heterocycles. The number of hydrogen-bond donors (Lipinski definition) is 0. The molecule has 0 aromatic heterocycles. The van der Waals surface area contributed by atoms with E-state index in [0.29, 0.717) is 6.61 Å². The van der Waals surface area contributed by atoms with Gasteiger partial charge in [0.1, 0.15) is 15.9 Å². The zero-order valence-corrected chi connectivity index (χ0v) is 15.7. The average Bonchev–Trinajstić information content (AvgIpc) is 2.62. The SMILES string of the molecule is Br.CCO[P+](c1ccccc1)(c1ccccc1)c1ccccc1. The molecule has 3 heteroatoms. The molecule has 1 nitrogen and oxygen atoms in total. The highest BCUT2D eigenvalue weighted by Gasteiger charge is 2.47. The summed E-state index contributed by atoms with van der Waals surface area (Å²) in [5, 5.41) is 3.78.